The molecule has 1 saturated carbocycles. The monoisotopic (exact) mass is 430 g/mol. The first-order valence-electron chi connectivity index (χ1n) is 9.51. The zero-order chi connectivity index (χ0) is 21.9. The fourth-order valence-corrected chi connectivity index (χ4v) is 2.84. The minimum absolute atomic E-state index is 0.0854. The molecule has 1 fully saturated rings. The van der Waals surface area contributed by atoms with Crippen molar-refractivity contribution in [3.8, 4) is 11.8 Å². The highest BCUT2D eigenvalue weighted by Gasteiger charge is 2.20. The van der Waals surface area contributed by atoms with Gasteiger partial charge in [0.25, 0.3) is 0 Å². The number of hydrogen-bond donors (Lipinski definition) is 3. The molecule has 0 aliphatic heterocycles. The average molecular weight is 431 g/mol. The van der Waals surface area contributed by atoms with Gasteiger partial charge < -0.3 is 20.3 Å². The quantitative estimate of drug-likeness (QED) is 0.427. The zero-order valence-corrected chi connectivity index (χ0v) is 17.0. The van der Waals surface area contributed by atoms with E-state index in [1.54, 1.807) is 18.2 Å². The number of aliphatic carboxylic acids is 2. The van der Waals surface area contributed by atoms with Crippen molar-refractivity contribution in [1.82, 2.24) is 5.32 Å². The maximum absolute atomic E-state index is 9.29. The summed E-state index contributed by atoms with van der Waals surface area (Å²) in [5.41, 5.74) is 1.63. The summed E-state index contributed by atoms with van der Waals surface area (Å²) in [4.78, 5) is 18.2. The Morgan fingerprint density at radius 2 is 1.83 bits per heavy atom. The average Bonchev–Trinajstić information content (AvgIpc) is 3.56. The van der Waals surface area contributed by atoms with Crippen molar-refractivity contribution in [2.45, 2.75) is 37.8 Å². The third kappa shape index (κ3) is 8.11. The van der Waals surface area contributed by atoms with Gasteiger partial charge in [-0.15, -0.1) is 0 Å². The van der Waals surface area contributed by atoms with Crippen molar-refractivity contribution in [2.75, 3.05) is 6.54 Å². The molecule has 0 unspecified atom stereocenters. The number of ether oxygens (including phenoxy) is 1. The van der Waals surface area contributed by atoms with Crippen molar-refractivity contribution in [3.63, 3.8) is 0 Å². The van der Waals surface area contributed by atoms with Gasteiger partial charge in [0.15, 0.2) is 0 Å². The standard InChI is InChI=1S/C20H21ClN2O.C2H2O4/c21-17-9-8-16(14-22)20(13-17)24-19(15-5-2-1-3-6-15)7-4-12-23-18-10-11-18;3-1(4)2(5)6/h1-3,5-6,8-9,13,18-19,23H,4,7,10-12H2;(H,3,4)(H,5,6)/t19-;/m1./s1. The molecule has 1 aliphatic carbocycles. The molecule has 30 heavy (non-hydrogen) atoms. The molecule has 0 bridgehead atoms. The topological polar surface area (TPSA) is 120 Å². The SMILES string of the molecule is N#Cc1ccc(Cl)cc1O[C@H](CCCNC1CC1)c1ccccc1.O=C(O)C(=O)O. The molecular formula is C22H23ClN2O5. The Bertz CT molecular complexity index is 882. The van der Waals surface area contributed by atoms with Gasteiger partial charge in [0.05, 0.1) is 5.56 Å². The number of hydrogen-bond acceptors (Lipinski definition) is 5. The van der Waals surface area contributed by atoms with Crippen LogP contribution in [0, 0.1) is 11.3 Å². The Labute approximate surface area is 179 Å². The molecule has 0 spiro atoms. The van der Waals surface area contributed by atoms with Crippen molar-refractivity contribution >= 4 is 23.5 Å². The normalized spacial score (nSPS) is 13.3. The number of nitrogens with one attached hydrogen (secondary N) is 1. The lowest BCUT2D eigenvalue weighted by molar-refractivity contribution is -0.159. The first-order valence-corrected chi connectivity index (χ1v) is 9.89. The van der Waals surface area contributed by atoms with E-state index in [9.17, 15) is 5.26 Å². The number of carboxylic acid groups (broad SMARTS) is 2. The van der Waals surface area contributed by atoms with Gasteiger partial charge in [-0.3, -0.25) is 0 Å². The molecule has 7 nitrogen and oxygen atoms in total. The maximum Gasteiger partial charge on any atom is 0.414 e. The van der Waals surface area contributed by atoms with Crippen LogP contribution in [0.3, 0.4) is 0 Å². The molecule has 1 aliphatic rings. The Morgan fingerprint density at radius 3 is 2.40 bits per heavy atom. The first kappa shape index (κ1) is 23.2. The second kappa shape index (κ2) is 11.8. The minimum atomic E-state index is -1.82. The molecule has 3 N–H and O–H groups in total. The van der Waals surface area contributed by atoms with E-state index in [1.807, 2.05) is 18.2 Å². The maximum atomic E-state index is 9.29. The van der Waals surface area contributed by atoms with Gasteiger partial charge in [0.1, 0.15) is 17.9 Å². The van der Waals surface area contributed by atoms with E-state index in [4.69, 9.17) is 36.1 Å². The Hall–Kier alpha value is -3.08. The summed E-state index contributed by atoms with van der Waals surface area (Å²) in [6.07, 6.45) is 4.43. The molecule has 0 amide bonds. The zero-order valence-electron chi connectivity index (χ0n) is 16.3. The lowest BCUT2D eigenvalue weighted by Crippen LogP contribution is -2.19. The van der Waals surface area contributed by atoms with E-state index < -0.39 is 11.9 Å². The van der Waals surface area contributed by atoms with Crippen LogP contribution < -0.4 is 10.1 Å². The highest BCUT2D eigenvalue weighted by atomic mass is 35.5. The van der Waals surface area contributed by atoms with E-state index in [-0.39, 0.29) is 6.10 Å². The van der Waals surface area contributed by atoms with Crippen LogP contribution in [0.2, 0.25) is 5.02 Å². The predicted octanol–water partition coefficient (Wildman–Crippen LogP) is 4.02. The van der Waals surface area contributed by atoms with Crippen LogP contribution in [0.25, 0.3) is 0 Å². The van der Waals surface area contributed by atoms with Crippen molar-refractivity contribution in [3.05, 3.63) is 64.7 Å². The third-order valence-corrected chi connectivity index (χ3v) is 4.58. The summed E-state index contributed by atoms with van der Waals surface area (Å²) in [7, 11) is 0. The highest BCUT2D eigenvalue weighted by molar-refractivity contribution is 6.30. The Balaban J connectivity index is 0.000000469. The summed E-state index contributed by atoms with van der Waals surface area (Å²) in [5, 5.41) is 28.2. The van der Waals surface area contributed by atoms with Gasteiger partial charge in [-0.05, 0) is 49.9 Å². The van der Waals surface area contributed by atoms with Gasteiger partial charge in [-0.2, -0.15) is 5.26 Å². The van der Waals surface area contributed by atoms with Gasteiger partial charge in [-0.1, -0.05) is 41.9 Å². The van der Waals surface area contributed by atoms with Crippen LogP contribution in [0.5, 0.6) is 5.75 Å². The summed E-state index contributed by atoms with van der Waals surface area (Å²) in [6.45, 7) is 0.998. The Morgan fingerprint density at radius 1 is 1.17 bits per heavy atom. The number of rotatable bonds is 8. The number of carbonyl (C=O) groups is 2. The van der Waals surface area contributed by atoms with E-state index >= 15 is 0 Å². The van der Waals surface area contributed by atoms with E-state index in [1.165, 1.54) is 12.8 Å². The molecule has 0 heterocycles. The van der Waals surface area contributed by atoms with Crippen molar-refractivity contribution < 1.29 is 24.5 Å². The molecule has 3 rings (SSSR count). The van der Waals surface area contributed by atoms with Crippen molar-refractivity contribution in [2.24, 2.45) is 0 Å². The second-order valence-electron chi connectivity index (χ2n) is 6.75. The number of benzene rings is 2. The lowest BCUT2D eigenvalue weighted by Gasteiger charge is -2.20. The summed E-state index contributed by atoms with van der Waals surface area (Å²) < 4.78 is 6.19. The van der Waals surface area contributed by atoms with Gasteiger partial charge in [0.2, 0.25) is 0 Å². The van der Waals surface area contributed by atoms with Gasteiger partial charge >= 0.3 is 11.9 Å². The molecule has 1 atom stereocenters. The first-order chi connectivity index (χ1) is 14.4. The van der Waals surface area contributed by atoms with Crippen LogP contribution in [0.4, 0.5) is 0 Å². The van der Waals surface area contributed by atoms with Gasteiger partial charge in [-0.25, -0.2) is 9.59 Å². The molecule has 2 aromatic rings. The molecule has 0 radical (unpaired) electrons. The number of nitrogens with zero attached hydrogens (tertiary/aromatic N) is 1. The molecular weight excluding hydrogens is 408 g/mol. The van der Waals surface area contributed by atoms with Crippen LogP contribution in [0.1, 0.15) is 42.9 Å². The summed E-state index contributed by atoms with van der Waals surface area (Å²) in [5.74, 6) is -3.10. The van der Waals surface area contributed by atoms with Crippen LogP contribution in [-0.4, -0.2) is 34.7 Å². The van der Waals surface area contributed by atoms with E-state index in [2.05, 4.69) is 23.5 Å². The highest BCUT2D eigenvalue weighted by Crippen LogP contribution is 2.30. The molecule has 0 aromatic heterocycles. The smallest absolute Gasteiger partial charge is 0.414 e. The predicted molar refractivity (Wildman–Crippen MR) is 112 cm³/mol. The molecule has 158 valence electrons. The van der Waals surface area contributed by atoms with Crippen LogP contribution >= 0.6 is 11.6 Å². The number of nitriles is 1. The molecule has 8 heteroatoms. The summed E-state index contributed by atoms with van der Waals surface area (Å²) in [6, 6.07) is 18.2. The van der Waals surface area contributed by atoms with Crippen LogP contribution in [-0.2, 0) is 9.59 Å². The fraction of sp³-hybridized carbons (Fsp3) is 0.318. The lowest BCUT2D eigenvalue weighted by atomic mass is 10.0. The van der Waals surface area contributed by atoms with Crippen molar-refractivity contribution in [1.29, 1.82) is 5.26 Å². The number of halogens is 1. The fourth-order valence-electron chi connectivity index (χ4n) is 2.68. The largest absolute Gasteiger partial charge is 0.484 e. The van der Waals surface area contributed by atoms with E-state index in [0.717, 1.165) is 31.0 Å². The molecule has 0 saturated heterocycles. The third-order valence-electron chi connectivity index (χ3n) is 4.34. The Kier molecular flexibility index (Phi) is 9.13. The second-order valence-corrected chi connectivity index (χ2v) is 7.19. The van der Waals surface area contributed by atoms with E-state index in [0.29, 0.717) is 16.3 Å². The van der Waals surface area contributed by atoms with Gasteiger partial charge in [0, 0.05) is 17.1 Å². The molecule has 2 aromatic carbocycles. The summed E-state index contributed by atoms with van der Waals surface area (Å²) >= 11 is 6.07. The minimum Gasteiger partial charge on any atom is -0.484 e. The number of carboxylic acids is 2. The van der Waals surface area contributed by atoms with Crippen LogP contribution in [0.15, 0.2) is 48.5 Å².